The first-order valence-corrected chi connectivity index (χ1v) is 4.70. The lowest BCUT2D eigenvalue weighted by molar-refractivity contribution is -0.177. The summed E-state index contributed by atoms with van der Waals surface area (Å²) in [7, 11) is 0. The molecular formula is C11H12O3. The molecule has 3 heteroatoms. The van der Waals surface area contributed by atoms with E-state index in [1.54, 1.807) is 6.92 Å². The molecule has 74 valence electrons. The van der Waals surface area contributed by atoms with Crippen LogP contribution in [0.4, 0.5) is 0 Å². The molecule has 0 saturated carbocycles. The average molecular weight is 192 g/mol. The zero-order valence-corrected chi connectivity index (χ0v) is 8.03. The van der Waals surface area contributed by atoms with E-state index < -0.39 is 6.29 Å². The fraction of sp³-hybridized carbons (Fsp3) is 0.364. The number of hydrogen-bond donors (Lipinski definition) is 0. The lowest BCUT2D eigenvalue weighted by Gasteiger charge is -2.11. The third-order valence-corrected chi connectivity index (χ3v) is 2.23. The number of carbonyl (C=O) groups is 1. The maximum Gasteiger partial charge on any atom is 0.308 e. The van der Waals surface area contributed by atoms with Crippen molar-refractivity contribution < 1.29 is 14.3 Å². The van der Waals surface area contributed by atoms with Gasteiger partial charge in [-0.05, 0) is 5.56 Å². The van der Waals surface area contributed by atoms with Crippen molar-refractivity contribution in [3.63, 3.8) is 0 Å². The molecule has 1 unspecified atom stereocenters. The zero-order chi connectivity index (χ0) is 9.97. The van der Waals surface area contributed by atoms with Crippen LogP contribution in [0.1, 0.15) is 30.8 Å². The Kier molecular flexibility index (Phi) is 2.50. The topological polar surface area (TPSA) is 35.5 Å². The minimum absolute atomic E-state index is 0.230. The third kappa shape index (κ3) is 1.63. The molecular weight excluding hydrogens is 180 g/mol. The Labute approximate surface area is 82.6 Å². The Bertz CT molecular complexity index is 346. The summed E-state index contributed by atoms with van der Waals surface area (Å²) in [6.07, 6.45) is -0.124. The molecule has 1 atom stereocenters. The first-order valence-electron chi connectivity index (χ1n) is 4.70. The highest BCUT2D eigenvalue weighted by molar-refractivity contribution is 5.69. The van der Waals surface area contributed by atoms with Crippen LogP contribution in [0, 0.1) is 0 Å². The van der Waals surface area contributed by atoms with Gasteiger partial charge in [0.15, 0.2) is 0 Å². The van der Waals surface area contributed by atoms with Crippen molar-refractivity contribution in [3.05, 3.63) is 35.4 Å². The summed E-state index contributed by atoms with van der Waals surface area (Å²) in [6.45, 7) is 2.29. The summed E-state index contributed by atoms with van der Waals surface area (Å²) in [6, 6.07) is 7.78. The number of fused-ring (bicyclic) bond motifs is 1. The highest BCUT2D eigenvalue weighted by Gasteiger charge is 2.25. The lowest BCUT2D eigenvalue weighted by atomic mass is 10.1. The first-order chi connectivity index (χ1) is 6.81. The van der Waals surface area contributed by atoms with Gasteiger partial charge in [-0.25, -0.2) is 0 Å². The van der Waals surface area contributed by atoms with Gasteiger partial charge in [-0.3, -0.25) is 4.79 Å². The van der Waals surface area contributed by atoms with Gasteiger partial charge in [0.1, 0.15) is 0 Å². The second kappa shape index (κ2) is 3.80. The Balaban J connectivity index is 2.14. The van der Waals surface area contributed by atoms with E-state index in [2.05, 4.69) is 0 Å². The summed E-state index contributed by atoms with van der Waals surface area (Å²) < 4.78 is 10.5. The van der Waals surface area contributed by atoms with Gasteiger partial charge in [0.05, 0.1) is 6.61 Å². The van der Waals surface area contributed by atoms with E-state index in [9.17, 15) is 4.79 Å². The van der Waals surface area contributed by atoms with E-state index >= 15 is 0 Å². The Morgan fingerprint density at radius 1 is 1.57 bits per heavy atom. The van der Waals surface area contributed by atoms with Crippen LogP contribution in [0.2, 0.25) is 0 Å². The predicted octanol–water partition coefficient (Wildman–Crippen LogP) is 2.17. The van der Waals surface area contributed by atoms with Gasteiger partial charge in [0.2, 0.25) is 6.29 Å². The highest BCUT2D eigenvalue weighted by atomic mass is 16.7. The summed E-state index contributed by atoms with van der Waals surface area (Å²) in [5, 5.41) is 0. The maximum atomic E-state index is 11.1. The Hall–Kier alpha value is -1.35. The number of ether oxygens (including phenoxy) is 2. The molecule has 0 amide bonds. The number of benzene rings is 1. The van der Waals surface area contributed by atoms with Gasteiger partial charge < -0.3 is 9.47 Å². The van der Waals surface area contributed by atoms with Crippen molar-refractivity contribution in [3.8, 4) is 0 Å². The van der Waals surface area contributed by atoms with Crippen LogP contribution >= 0.6 is 0 Å². The normalized spacial score (nSPS) is 19.1. The Morgan fingerprint density at radius 2 is 2.36 bits per heavy atom. The quantitative estimate of drug-likeness (QED) is 0.673. The van der Waals surface area contributed by atoms with Crippen LogP contribution in [0.3, 0.4) is 0 Å². The smallest absolute Gasteiger partial charge is 0.308 e. The molecule has 2 rings (SSSR count). The molecule has 0 aromatic heterocycles. The molecule has 3 nitrogen and oxygen atoms in total. The van der Waals surface area contributed by atoms with Crippen molar-refractivity contribution >= 4 is 5.97 Å². The molecule has 1 heterocycles. The minimum atomic E-state index is -0.501. The van der Waals surface area contributed by atoms with Gasteiger partial charge >= 0.3 is 5.97 Å². The molecule has 0 fully saturated rings. The van der Waals surface area contributed by atoms with Crippen molar-refractivity contribution in [2.75, 3.05) is 0 Å². The fourth-order valence-corrected chi connectivity index (χ4v) is 1.45. The van der Waals surface area contributed by atoms with Crippen LogP contribution < -0.4 is 0 Å². The van der Waals surface area contributed by atoms with Crippen LogP contribution in [0.15, 0.2) is 24.3 Å². The number of esters is 1. The molecule has 0 N–H and O–H groups in total. The standard InChI is InChI=1S/C11H12O3/c1-2-10(12)14-11-9-6-4-3-5-8(9)7-13-11/h3-6,11H,2,7H2,1H3. The van der Waals surface area contributed by atoms with Gasteiger partial charge in [0, 0.05) is 12.0 Å². The van der Waals surface area contributed by atoms with E-state index in [0.717, 1.165) is 11.1 Å². The largest absolute Gasteiger partial charge is 0.431 e. The molecule has 0 spiro atoms. The molecule has 1 aliphatic heterocycles. The van der Waals surface area contributed by atoms with E-state index in [1.165, 1.54) is 0 Å². The molecule has 0 saturated heterocycles. The van der Waals surface area contributed by atoms with Crippen LogP contribution in [-0.2, 0) is 20.9 Å². The predicted molar refractivity (Wildman–Crippen MR) is 50.4 cm³/mol. The van der Waals surface area contributed by atoms with Gasteiger partial charge in [-0.1, -0.05) is 31.2 Å². The van der Waals surface area contributed by atoms with Crippen molar-refractivity contribution in [2.45, 2.75) is 26.2 Å². The minimum Gasteiger partial charge on any atom is -0.431 e. The van der Waals surface area contributed by atoms with Crippen molar-refractivity contribution in [1.82, 2.24) is 0 Å². The van der Waals surface area contributed by atoms with Crippen molar-refractivity contribution in [1.29, 1.82) is 0 Å². The highest BCUT2D eigenvalue weighted by Crippen LogP contribution is 2.31. The monoisotopic (exact) mass is 192 g/mol. The second-order valence-corrected chi connectivity index (χ2v) is 3.19. The summed E-state index contributed by atoms with van der Waals surface area (Å²) in [5.41, 5.74) is 2.07. The van der Waals surface area contributed by atoms with E-state index in [1.807, 2.05) is 24.3 Å². The SMILES string of the molecule is CCC(=O)OC1OCc2ccccc21. The second-order valence-electron chi connectivity index (χ2n) is 3.19. The van der Waals surface area contributed by atoms with Gasteiger partial charge in [-0.15, -0.1) is 0 Å². The summed E-state index contributed by atoms with van der Waals surface area (Å²) >= 11 is 0. The number of rotatable bonds is 2. The van der Waals surface area contributed by atoms with Gasteiger partial charge in [-0.2, -0.15) is 0 Å². The van der Waals surface area contributed by atoms with Crippen molar-refractivity contribution in [2.24, 2.45) is 0 Å². The summed E-state index contributed by atoms with van der Waals surface area (Å²) in [5.74, 6) is -0.230. The summed E-state index contributed by atoms with van der Waals surface area (Å²) in [4.78, 5) is 11.1. The number of carbonyl (C=O) groups excluding carboxylic acids is 1. The third-order valence-electron chi connectivity index (χ3n) is 2.23. The van der Waals surface area contributed by atoms with Crippen LogP contribution in [-0.4, -0.2) is 5.97 Å². The average Bonchev–Trinajstić information content (AvgIpc) is 2.62. The van der Waals surface area contributed by atoms with E-state index in [0.29, 0.717) is 13.0 Å². The molecule has 0 aliphatic carbocycles. The number of hydrogen-bond acceptors (Lipinski definition) is 3. The van der Waals surface area contributed by atoms with Gasteiger partial charge in [0.25, 0.3) is 0 Å². The van der Waals surface area contributed by atoms with Crippen LogP contribution in [0.5, 0.6) is 0 Å². The van der Waals surface area contributed by atoms with Crippen LogP contribution in [0.25, 0.3) is 0 Å². The zero-order valence-electron chi connectivity index (χ0n) is 8.03. The molecule has 1 aliphatic rings. The molecule has 14 heavy (non-hydrogen) atoms. The Morgan fingerprint density at radius 3 is 3.14 bits per heavy atom. The molecule has 1 aromatic rings. The molecule has 0 bridgehead atoms. The van der Waals surface area contributed by atoms with E-state index in [4.69, 9.17) is 9.47 Å². The molecule has 1 aromatic carbocycles. The van der Waals surface area contributed by atoms with E-state index in [-0.39, 0.29) is 5.97 Å². The lowest BCUT2D eigenvalue weighted by Crippen LogP contribution is -2.08. The maximum absolute atomic E-state index is 11.1. The first kappa shape index (κ1) is 9.21. The fourth-order valence-electron chi connectivity index (χ4n) is 1.45. The molecule has 0 radical (unpaired) electrons.